The van der Waals surface area contributed by atoms with Crippen LogP contribution >= 0.6 is 0 Å². The molecule has 1 rings (SSSR count). The largest absolute Gasteiger partial charge is 3.00 e. The number of aliphatic hydroxyl groups is 1. The van der Waals surface area contributed by atoms with Crippen LogP contribution in [0.2, 0.25) is 0 Å². The van der Waals surface area contributed by atoms with Gasteiger partial charge in [-0.1, -0.05) is 27.2 Å². The fraction of sp³-hybridized carbons (Fsp3) is 1.00. The molecule has 3 unspecified atom stereocenters. The van der Waals surface area contributed by atoms with E-state index in [1.807, 2.05) is 0 Å². The summed E-state index contributed by atoms with van der Waals surface area (Å²) in [5, 5.41) is 9.71. The van der Waals surface area contributed by atoms with E-state index in [2.05, 4.69) is 20.8 Å². The van der Waals surface area contributed by atoms with E-state index in [1.165, 1.54) is 12.8 Å². The number of rotatable bonds is 1. The van der Waals surface area contributed by atoms with Gasteiger partial charge in [0.15, 0.2) is 0 Å². The van der Waals surface area contributed by atoms with Gasteiger partial charge in [0.05, 0.1) is 6.10 Å². The zero-order valence-corrected chi connectivity index (χ0v) is 13.3. The molecule has 0 saturated heterocycles. The van der Waals surface area contributed by atoms with Gasteiger partial charge in [-0.05, 0) is 30.6 Å². The van der Waals surface area contributed by atoms with Crippen molar-refractivity contribution < 1.29 is 64.0 Å². The van der Waals surface area contributed by atoms with Crippen LogP contribution in [0.4, 0.5) is 0 Å². The summed E-state index contributed by atoms with van der Waals surface area (Å²) < 4.78 is 0. The monoisotopic (exact) mass is 309 g/mol. The summed E-state index contributed by atoms with van der Waals surface area (Å²) >= 11 is 0. The molecule has 1 aliphatic carbocycles. The summed E-state index contributed by atoms with van der Waals surface area (Å²) in [7, 11) is 0. The Morgan fingerprint density at radius 1 is 1.07 bits per heavy atom. The predicted molar refractivity (Wildman–Crippen MR) is 47.3 cm³/mol. The summed E-state index contributed by atoms with van der Waals surface area (Å²) in [6.07, 6.45) is 3.52. The van der Waals surface area contributed by atoms with Gasteiger partial charge in [-0.25, -0.2) is 0 Å². The van der Waals surface area contributed by atoms with Crippen molar-refractivity contribution in [1.29, 1.82) is 0 Å². The Bertz CT molecular complexity index is 136. The van der Waals surface area contributed by atoms with Crippen LogP contribution in [-0.4, -0.2) is 11.2 Å². The van der Waals surface area contributed by atoms with Gasteiger partial charge in [0.25, 0.3) is 0 Å². The molecule has 0 aromatic carbocycles. The molecule has 1 radical (unpaired) electrons. The van der Waals surface area contributed by atoms with Crippen molar-refractivity contribution in [3.05, 3.63) is 0 Å². The normalized spacial score (nSPS) is 29.0. The molecule has 1 N–H and O–H groups in total. The Hall–Kier alpha value is 1.54. The second-order valence-corrected chi connectivity index (χ2v) is 4.39. The third kappa shape index (κ3) is 8.29. The fourth-order valence-corrected chi connectivity index (χ4v) is 2.15. The minimum Gasteiger partial charge on any atom is -1.00 e. The molecule has 3 atom stereocenters. The van der Waals surface area contributed by atoms with Crippen molar-refractivity contribution in [2.45, 2.75) is 46.1 Å². The van der Waals surface area contributed by atoms with E-state index in [4.69, 9.17) is 0 Å². The van der Waals surface area contributed by atoms with Gasteiger partial charge in [-0.3, -0.25) is 0 Å². The number of hydrogen-bond acceptors (Lipinski definition) is 1. The van der Waals surface area contributed by atoms with Crippen LogP contribution in [0.3, 0.4) is 0 Å². The molecule has 15 heavy (non-hydrogen) atoms. The minimum absolute atomic E-state index is 0. The van der Waals surface area contributed by atoms with Crippen molar-refractivity contribution in [3.8, 4) is 0 Å². The van der Waals surface area contributed by atoms with Crippen molar-refractivity contribution in [1.82, 2.24) is 0 Å². The first kappa shape index (κ1) is 25.4. The molecule has 1 saturated carbocycles. The van der Waals surface area contributed by atoms with E-state index in [0.29, 0.717) is 11.8 Å². The molecular formula is C10H20Cl3OTi. The number of hydrogen-bond donors (Lipinski definition) is 1. The van der Waals surface area contributed by atoms with Gasteiger partial charge in [0.2, 0.25) is 0 Å². The molecule has 1 aliphatic rings. The maximum atomic E-state index is 9.71. The molecular weight excluding hydrogens is 290 g/mol. The number of halogens is 3. The first-order valence-electron chi connectivity index (χ1n) is 4.79. The predicted octanol–water partition coefficient (Wildman–Crippen LogP) is -6.55. The third-order valence-electron chi connectivity index (χ3n) is 2.99. The molecule has 0 heterocycles. The molecule has 91 valence electrons. The second kappa shape index (κ2) is 12.0. The molecule has 0 bridgehead atoms. The minimum atomic E-state index is -0.0289. The molecule has 0 aliphatic heterocycles. The average Bonchev–Trinajstić information content (AvgIpc) is 1.85. The van der Waals surface area contributed by atoms with Gasteiger partial charge in [0, 0.05) is 0 Å². The van der Waals surface area contributed by atoms with Crippen LogP contribution in [0.1, 0.15) is 40.0 Å². The standard InChI is InChI=1S/C10H20O.3ClH.Ti/c1-7(2)9-5-4-8(3)6-10(9)11;;;;/h7-11H,4-6H2,1-3H3;3*1H;/q;;;;+3/p-3. The van der Waals surface area contributed by atoms with Gasteiger partial charge in [-0.15, -0.1) is 0 Å². The van der Waals surface area contributed by atoms with E-state index in [0.717, 1.165) is 12.3 Å². The molecule has 1 nitrogen and oxygen atoms in total. The van der Waals surface area contributed by atoms with Crippen molar-refractivity contribution in [2.75, 3.05) is 0 Å². The number of aliphatic hydroxyl groups excluding tert-OH is 1. The maximum absolute atomic E-state index is 9.71. The van der Waals surface area contributed by atoms with Crippen molar-refractivity contribution >= 4 is 0 Å². The summed E-state index contributed by atoms with van der Waals surface area (Å²) in [6.45, 7) is 6.66. The van der Waals surface area contributed by atoms with Gasteiger partial charge < -0.3 is 42.3 Å². The van der Waals surface area contributed by atoms with E-state index >= 15 is 0 Å². The van der Waals surface area contributed by atoms with Gasteiger partial charge >= 0.3 is 21.7 Å². The summed E-state index contributed by atoms with van der Waals surface area (Å²) in [5.41, 5.74) is 0. The van der Waals surface area contributed by atoms with Crippen LogP contribution in [0.5, 0.6) is 0 Å². The summed E-state index contributed by atoms with van der Waals surface area (Å²) in [5.74, 6) is 1.95. The quantitative estimate of drug-likeness (QED) is 0.478. The second-order valence-electron chi connectivity index (χ2n) is 4.39. The molecule has 0 aromatic heterocycles. The Morgan fingerprint density at radius 3 is 1.87 bits per heavy atom. The smallest absolute Gasteiger partial charge is 1.00 e. The fourth-order valence-electron chi connectivity index (χ4n) is 2.15. The summed E-state index contributed by atoms with van der Waals surface area (Å²) in [4.78, 5) is 0. The molecule has 1 fully saturated rings. The van der Waals surface area contributed by atoms with Crippen LogP contribution in [0.25, 0.3) is 0 Å². The Morgan fingerprint density at radius 2 is 1.53 bits per heavy atom. The van der Waals surface area contributed by atoms with Crippen LogP contribution in [-0.2, 0) is 21.7 Å². The summed E-state index contributed by atoms with van der Waals surface area (Å²) in [6, 6.07) is 0. The van der Waals surface area contributed by atoms with E-state index < -0.39 is 0 Å². The first-order chi connectivity index (χ1) is 5.11. The van der Waals surface area contributed by atoms with Gasteiger partial charge in [0.1, 0.15) is 0 Å². The molecule has 5 heteroatoms. The van der Waals surface area contributed by atoms with Crippen LogP contribution in [0, 0.1) is 17.8 Å². The van der Waals surface area contributed by atoms with E-state index in [1.54, 1.807) is 0 Å². The molecule has 0 spiro atoms. The third-order valence-corrected chi connectivity index (χ3v) is 2.99. The van der Waals surface area contributed by atoms with Gasteiger partial charge in [-0.2, -0.15) is 0 Å². The molecule has 0 aromatic rings. The van der Waals surface area contributed by atoms with Crippen molar-refractivity contribution in [2.24, 2.45) is 17.8 Å². The average molecular weight is 310 g/mol. The van der Waals surface area contributed by atoms with Crippen molar-refractivity contribution in [3.63, 3.8) is 0 Å². The Labute approximate surface area is 127 Å². The first-order valence-corrected chi connectivity index (χ1v) is 4.79. The molecule has 0 amide bonds. The maximum Gasteiger partial charge on any atom is 3.00 e. The van der Waals surface area contributed by atoms with Crippen LogP contribution in [0.15, 0.2) is 0 Å². The van der Waals surface area contributed by atoms with E-state index in [-0.39, 0.29) is 65.0 Å². The SMILES string of the molecule is CC1CCC(C(C)C)C(O)C1.[Cl-].[Cl-].[Cl-].[Ti+3]. The Balaban J connectivity index is -0.000000151. The van der Waals surface area contributed by atoms with E-state index in [9.17, 15) is 5.11 Å². The van der Waals surface area contributed by atoms with Crippen LogP contribution < -0.4 is 37.2 Å². The topological polar surface area (TPSA) is 20.2 Å². The zero-order valence-electron chi connectivity index (χ0n) is 9.51. The zero-order chi connectivity index (χ0) is 8.43. The Kier molecular flexibility index (Phi) is 20.3.